The van der Waals surface area contributed by atoms with Gasteiger partial charge in [-0.2, -0.15) is 0 Å². The molecule has 1 aromatic carbocycles. The van der Waals surface area contributed by atoms with Crippen molar-refractivity contribution in [1.82, 2.24) is 9.97 Å². The number of halogens is 2. The highest BCUT2D eigenvalue weighted by atomic mass is 28.3. The third kappa shape index (κ3) is 3.71. The van der Waals surface area contributed by atoms with Gasteiger partial charge in [0.15, 0.2) is 5.82 Å². The Kier molecular flexibility index (Phi) is 5.01. The Hall–Kier alpha value is -2.74. The second kappa shape index (κ2) is 7.11. The average molecular weight is 389 g/mol. The summed E-state index contributed by atoms with van der Waals surface area (Å²) in [5, 5.41) is 4.23. The SMILES string of the molecule is CCOC(=O)c1[nH]c2c(F)cncc2c1Nc1ccc([Si](C)(C)C)cc1F. The maximum atomic E-state index is 14.7. The van der Waals surface area contributed by atoms with Crippen molar-refractivity contribution >= 4 is 41.5 Å². The van der Waals surface area contributed by atoms with Crippen LogP contribution >= 0.6 is 0 Å². The molecule has 0 aliphatic carbocycles. The van der Waals surface area contributed by atoms with Crippen LogP contribution in [0.25, 0.3) is 10.9 Å². The molecule has 27 heavy (non-hydrogen) atoms. The molecule has 0 spiro atoms. The van der Waals surface area contributed by atoms with Crippen LogP contribution in [0.4, 0.5) is 20.2 Å². The van der Waals surface area contributed by atoms with E-state index in [1.54, 1.807) is 13.0 Å². The first-order chi connectivity index (χ1) is 12.7. The highest BCUT2D eigenvalue weighted by molar-refractivity contribution is 6.88. The predicted octanol–water partition coefficient (Wildman–Crippen LogP) is 4.31. The standard InChI is InChI=1S/C19H21F2N3O2Si/c1-5-26-19(25)18-17(12-9-22-10-14(21)16(12)24-18)23-15-7-6-11(8-13(15)20)27(2,3)4/h6-10,23-24H,5H2,1-4H3. The van der Waals surface area contributed by atoms with E-state index in [9.17, 15) is 13.6 Å². The van der Waals surface area contributed by atoms with Gasteiger partial charge < -0.3 is 15.0 Å². The minimum Gasteiger partial charge on any atom is -0.461 e. The third-order valence-electron chi connectivity index (χ3n) is 4.24. The molecule has 0 radical (unpaired) electrons. The molecule has 0 saturated carbocycles. The van der Waals surface area contributed by atoms with Gasteiger partial charge in [-0.1, -0.05) is 30.9 Å². The maximum Gasteiger partial charge on any atom is 0.356 e. The summed E-state index contributed by atoms with van der Waals surface area (Å²) in [6, 6.07) is 5.00. The highest BCUT2D eigenvalue weighted by Gasteiger charge is 2.23. The molecule has 0 bridgehead atoms. The molecule has 0 aliphatic rings. The maximum absolute atomic E-state index is 14.7. The van der Waals surface area contributed by atoms with Crippen molar-refractivity contribution in [1.29, 1.82) is 0 Å². The monoisotopic (exact) mass is 389 g/mol. The van der Waals surface area contributed by atoms with Crippen LogP contribution in [0.1, 0.15) is 17.4 Å². The normalized spacial score (nSPS) is 11.6. The molecule has 0 aliphatic heterocycles. The molecular weight excluding hydrogens is 368 g/mol. The lowest BCUT2D eigenvalue weighted by atomic mass is 10.2. The van der Waals surface area contributed by atoms with E-state index in [0.717, 1.165) is 11.4 Å². The number of ether oxygens (including phenoxy) is 1. The zero-order chi connectivity index (χ0) is 19.8. The molecule has 2 aromatic heterocycles. The zero-order valence-corrected chi connectivity index (χ0v) is 16.6. The number of anilines is 2. The first kappa shape index (κ1) is 19.0. The molecule has 5 nitrogen and oxygen atoms in total. The van der Waals surface area contributed by atoms with E-state index in [2.05, 4.69) is 34.9 Å². The van der Waals surface area contributed by atoms with Crippen molar-refractivity contribution in [3.63, 3.8) is 0 Å². The van der Waals surface area contributed by atoms with Crippen LogP contribution in [0.5, 0.6) is 0 Å². The fourth-order valence-electron chi connectivity index (χ4n) is 2.78. The van der Waals surface area contributed by atoms with Gasteiger partial charge in [0.1, 0.15) is 11.5 Å². The van der Waals surface area contributed by atoms with E-state index in [4.69, 9.17) is 4.74 Å². The number of nitrogens with one attached hydrogen (secondary N) is 2. The number of rotatable bonds is 5. The van der Waals surface area contributed by atoms with Crippen molar-refractivity contribution in [3.8, 4) is 0 Å². The fraction of sp³-hybridized carbons (Fsp3) is 0.263. The predicted molar refractivity (Wildman–Crippen MR) is 105 cm³/mol. The van der Waals surface area contributed by atoms with Crippen LogP contribution in [0.15, 0.2) is 30.6 Å². The Balaban J connectivity index is 2.10. The van der Waals surface area contributed by atoms with Crippen LogP contribution in [-0.4, -0.2) is 30.6 Å². The number of aromatic amines is 1. The van der Waals surface area contributed by atoms with E-state index in [-0.39, 0.29) is 29.2 Å². The van der Waals surface area contributed by atoms with E-state index in [0.29, 0.717) is 5.39 Å². The van der Waals surface area contributed by atoms with E-state index < -0.39 is 25.7 Å². The van der Waals surface area contributed by atoms with Gasteiger partial charge in [-0.25, -0.2) is 13.6 Å². The molecule has 0 unspecified atom stereocenters. The zero-order valence-electron chi connectivity index (χ0n) is 15.6. The summed E-state index contributed by atoms with van der Waals surface area (Å²) in [5.74, 6) is -1.71. The number of esters is 1. The van der Waals surface area contributed by atoms with Crippen molar-refractivity contribution in [2.45, 2.75) is 26.6 Å². The molecule has 3 aromatic rings. The summed E-state index contributed by atoms with van der Waals surface area (Å²) in [4.78, 5) is 18.8. The summed E-state index contributed by atoms with van der Waals surface area (Å²) in [6.07, 6.45) is 2.45. The molecule has 2 heterocycles. The van der Waals surface area contributed by atoms with Crippen LogP contribution in [0.3, 0.4) is 0 Å². The first-order valence-electron chi connectivity index (χ1n) is 8.61. The Labute approximate surface area is 156 Å². The minimum atomic E-state index is -1.66. The number of nitrogens with zero attached hydrogens (tertiary/aromatic N) is 1. The largest absolute Gasteiger partial charge is 0.461 e. The molecule has 0 fully saturated rings. The number of carbonyl (C=O) groups is 1. The van der Waals surface area contributed by atoms with Crippen molar-refractivity contribution in [2.75, 3.05) is 11.9 Å². The minimum absolute atomic E-state index is 0.0208. The molecule has 142 valence electrons. The summed E-state index contributed by atoms with van der Waals surface area (Å²) >= 11 is 0. The van der Waals surface area contributed by atoms with Crippen molar-refractivity contribution in [3.05, 3.63) is 47.9 Å². The molecule has 0 saturated heterocycles. The smallest absolute Gasteiger partial charge is 0.356 e. The van der Waals surface area contributed by atoms with E-state index >= 15 is 0 Å². The Morgan fingerprint density at radius 2 is 1.96 bits per heavy atom. The summed E-state index contributed by atoms with van der Waals surface area (Å²) < 4.78 is 33.8. The van der Waals surface area contributed by atoms with Crippen LogP contribution in [0, 0.1) is 11.6 Å². The fourth-order valence-corrected chi connectivity index (χ4v) is 3.92. The summed E-state index contributed by atoms with van der Waals surface area (Å²) in [7, 11) is -1.66. The van der Waals surface area contributed by atoms with E-state index in [1.807, 2.05) is 6.07 Å². The number of fused-ring (bicyclic) bond motifs is 1. The lowest BCUT2D eigenvalue weighted by Gasteiger charge is -2.18. The van der Waals surface area contributed by atoms with Crippen LogP contribution in [0.2, 0.25) is 19.6 Å². The van der Waals surface area contributed by atoms with Crippen molar-refractivity contribution in [2.24, 2.45) is 0 Å². The highest BCUT2D eigenvalue weighted by Crippen LogP contribution is 2.32. The van der Waals surface area contributed by atoms with Crippen LogP contribution < -0.4 is 10.5 Å². The Bertz CT molecular complexity index is 1010. The van der Waals surface area contributed by atoms with Gasteiger partial charge in [0.05, 0.1) is 37.8 Å². The summed E-state index contributed by atoms with van der Waals surface area (Å²) in [5.41, 5.74) is 0.546. The first-order valence-corrected chi connectivity index (χ1v) is 12.1. The van der Waals surface area contributed by atoms with Gasteiger partial charge in [-0.05, 0) is 19.1 Å². The van der Waals surface area contributed by atoms with Gasteiger partial charge in [0.2, 0.25) is 0 Å². The van der Waals surface area contributed by atoms with Gasteiger partial charge in [0, 0.05) is 11.6 Å². The van der Waals surface area contributed by atoms with Crippen molar-refractivity contribution < 1.29 is 18.3 Å². The number of aromatic nitrogens is 2. The van der Waals surface area contributed by atoms with Gasteiger partial charge >= 0.3 is 5.97 Å². The molecule has 8 heteroatoms. The van der Waals surface area contributed by atoms with Gasteiger partial charge in [-0.3, -0.25) is 4.98 Å². The number of hydrogen-bond acceptors (Lipinski definition) is 4. The molecular formula is C19H21F2N3O2Si. The van der Waals surface area contributed by atoms with Gasteiger partial charge in [0.25, 0.3) is 0 Å². The molecule has 2 N–H and O–H groups in total. The number of hydrogen-bond donors (Lipinski definition) is 2. The second-order valence-corrected chi connectivity index (χ2v) is 12.3. The lowest BCUT2D eigenvalue weighted by Crippen LogP contribution is -2.37. The average Bonchev–Trinajstić information content (AvgIpc) is 2.96. The van der Waals surface area contributed by atoms with E-state index in [1.165, 1.54) is 12.3 Å². The third-order valence-corrected chi connectivity index (χ3v) is 6.29. The van der Waals surface area contributed by atoms with Gasteiger partial charge in [-0.15, -0.1) is 0 Å². The number of carbonyl (C=O) groups excluding carboxylic acids is 1. The quantitative estimate of drug-likeness (QED) is 0.504. The number of H-pyrrole nitrogens is 1. The Morgan fingerprint density at radius 1 is 1.22 bits per heavy atom. The topological polar surface area (TPSA) is 67.0 Å². The number of benzene rings is 1. The lowest BCUT2D eigenvalue weighted by molar-refractivity contribution is 0.0522. The molecule has 0 atom stereocenters. The molecule has 3 rings (SSSR count). The number of pyridine rings is 1. The van der Waals surface area contributed by atoms with Crippen LogP contribution in [-0.2, 0) is 4.74 Å². The second-order valence-electron chi connectivity index (χ2n) is 7.21. The Morgan fingerprint density at radius 3 is 2.59 bits per heavy atom. The summed E-state index contributed by atoms with van der Waals surface area (Å²) in [6.45, 7) is 8.21. The molecule has 0 amide bonds.